The minimum atomic E-state index is -0.724. The van der Waals surface area contributed by atoms with Crippen LogP contribution in [0.1, 0.15) is 37.8 Å². The number of halogens is 1. The molecular weight excluding hydrogens is 250 g/mol. The molecule has 0 saturated carbocycles. The molecule has 4 heteroatoms. The summed E-state index contributed by atoms with van der Waals surface area (Å²) in [7, 11) is 0. The number of carbonyl (C=O) groups is 1. The minimum absolute atomic E-state index is 0.133. The molecule has 1 N–H and O–H groups in total. The van der Waals surface area contributed by atoms with Crippen LogP contribution >= 0.6 is 11.6 Å². The molecule has 1 aliphatic heterocycles. The fraction of sp³-hybridized carbons (Fsp3) is 0.500. The Hall–Kier alpha value is -1.06. The van der Waals surface area contributed by atoms with Crippen molar-refractivity contribution in [3.05, 3.63) is 34.9 Å². The van der Waals surface area contributed by atoms with Crippen molar-refractivity contribution in [1.29, 1.82) is 0 Å². The number of rotatable bonds is 4. The van der Waals surface area contributed by atoms with Gasteiger partial charge in [0.15, 0.2) is 0 Å². The molecule has 1 aliphatic rings. The number of carboxylic acid groups (broad SMARTS) is 1. The summed E-state index contributed by atoms with van der Waals surface area (Å²) in [5.74, 6) is -0.724. The van der Waals surface area contributed by atoms with E-state index < -0.39 is 5.97 Å². The Labute approximate surface area is 112 Å². The van der Waals surface area contributed by atoms with Gasteiger partial charge in [-0.3, -0.25) is 9.69 Å². The lowest BCUT2D eigenvalue weighted by Gasteiger charge is -2.30. The van der Waals surface area contributed by atoms with Crippen molar-refractivity contribution < 1.29 is 9.90 Å². The Morgan fingerprint density at radius 1 is 1.56 bits per heavy atom. The van der Waals surface area contributed by atoms with E-state index in [1.807, 2.05) is 24.3 Å². The molecule has 3 nitrogen and oxygen atoms in total. The highest BCUT2D eigenvalue weighted by molar-refractivity contribution is 6.31. The van der Waals surface area contributed by atoms with Gasteiger partial charge in [0.1, 0.15) is 0 Å². The van der Waals surface area contributed by atoms with Crippen molar-refractivity contribution in [1.82, 2.24) is 4.90 Å². The molecule has 1 heterocycles. The average Bonchev–Trinajstić information content (AvgIpc) is 2.76. The molecule has 1 fully saturated rings. The lowest BCUT2D eigenvalue weighted by Crippen LogP contribution is -2.33. The van der Waals surface area contributed by atoms with E-state index in [1.54, 1.807) is 0 Å². The zero-order valence-electron chi connectivity index (χ0n) is 10.5. The summed E-state index contributed by atoms with van der Waals surface area (Å²) in [6.07, 6.45) is 2.24. The van der Waals surface area contributed by atoms with Crippen LogP contribution in [0.2, 0.25) is 5.02 Å². The number of aliphatic carboxylic acids is 1. The quantitative estimate of drug-likeness (QED) is 0.910. The van der Waals surface area contributed by atoms with E-state index in [1.165, 1.54) is 0 Å². The van der Waals surface area contributed by atoms with Crippen LogP contribution in [-0.4, -0.2) is 28.6 Å². The molecule has 0 aromatic heterocycles. The van der Waals surface area contributed by atoms with Crippen LogP contribution in [0.15, 0.2) is 24.3 Å². The first-order valence-corrected chi connectivity index (χ1v) is 6.69. The number of benzene rings is 1. The topological polar surface area (TPSA) is 40.5 Å². The van der Waals surface area contributed by atoms with Crippen LogP contribution in [0.25, 0.3) is 0 Å². The van der Waals surface area contributed by atoms with Crippen LogP contribution < -0.4 is 0 Å². The van der Waals surface area contributed by atoms with E-state index in [0.717, 1.165) is 30.0 Å². The van der Waals surface area contributed by atoms with Gasteiger partial charge in [-0.05, 0) is 37.9 Å². The van der Waals surface area contributed by atoms with E-state index in [-0.39, 0.29) is 18.5 Å². The Morgan fingerprint density at radius 2 is 2.28 bits per heavy atom. The van der Waals surface area contributed by atoms with Gasteiger partial charge in [0.2, 0.25) is 0 Å². The molecule has 98 valence electrons. The standard InChI is InChI=1S/C14H18ClNO2/c1-10(12-6-2-3-7-13(12)15)16-8-4-5-11(16)9-14(17)18/h2-3,6-7,10-11H,4-5,8-9H2,1H3,(H,17,18). The lowest BCUT2D eigenvalue weighted by molar-refractivity contribution is -0.138. The van der Waals surface area contributed by atoms with E-state index in [4.69, 9.17) is 16.7 Å². The molecule has 0 radical (unpaired) electrons. The Bertz CT molecular complexity index is 436. The van der Waals surface area contributed by atoms with Crippen LogP contribution in [0, 0.1) is 0 Å². The Morgan fingerprint density at radius 3 is 2.94 bits per heavy atom. The fourth-order valence-corrected chi connectivity index (χ4v) is 3.07. The molecule has 0 aliphatic carbocycles. The molecule has 18 heavy (non-hydrogen) atoms. The molecule has 2 rings (SSSR count). The smallest absolute Gasteiger partial charge is 0.304 e. The largest absolute Gasteiger partial charge is 0.481 e. The van der Waals surface area contributed by atoms with Crippen molar-refractivity contribution >= 4 is 17.6 Å². The van der Waals surface area contributed by atoms with Crippen molar-refractivity contribution in [3.8, 4) is 0 Å². The summed E-state index contributed by atoms with van der Waals surface area (Å²) in [5.41, 5.74) is 1.08. The maximum absolute atomic E-state index is 10.9. The van der Waals surface area contributed by atoms with E-state index in [9.17, 15) is 4.79 Å². The minimum Gasteiger partial charge on any atom is -0.481 e. The normalized spacial score (nSPS) is 22.0. The third kappa shape index (κ3) is 2.85. The predicted molar refractivity (Wildman–Crippen MR) is 71.8 cm³/mol. The molecule has 1 saturated heterocycles. The Balaban J connectivity index is 2.15. The zero-order chi connectivity index (χ0) is 13.1. The highest BCUT2D eigenvalue weighted by Gasteiger charge is 2.31. The van der Waals surface area contributed by atoms with Gasteiger partial charge in [0.25, 0.3) is 0 Å². The van der Waals surface area contributed by atoms with E-state index in [2.05, 4.69) is 11.8 Å². The summed E-state index contributed by atoms with van der Waals surface area (Å²) < 4.78 is 0. The van der Waals surface area contributed by atoms with E-state index in [0.29, 0.717) is 0 Å². The highest BCUT2D eigenvalue weighted by atomic mass is 35.5. The molecule has 0 amide bonds. The van der Waals surface area contributed by atoms with Crippen LogP contribution in [0.3, 0.4) is 0 Å². The fourth-order valence-electron chi connectivity index (χ4n) is 2.78. The predicted octanol–water partition coefficient (Wildman–Crippen LogP) is 3.34. The third-order valence-corrected chi connectivity index (χ3v) is 4.03. The van der Waals surface area contributed by atoms with Gasteiger partial charge in [-0.25, -0.2) is 0 Å². The van der Waals surface area contributed by atoms with Gasteiger partial charge in [0.05, 0.1) is 6.42 Å². The summed E-state index contributed by atoms with van der Waals surface area (Å²) in [6, 6.07) is 8.09. The second-order valence-corrected chi connectivity index (χ2v) is 5.24. The average molecular weight is 268 g/mol. The highest BCUT2D eigenvalue weighted by Crippen LogP contribution is 2.33. The molecule has 1 aromatic carbocycles. The molecule has 0 spiro atoms. The number of hydrogen-bond donors (Lipinski definition) is 1. The van der Waals surface area contributed by atoms with E-state index >= 15 is 0 Å². The van der Waals surface area contributed by atoms with Gasteiger partial charge in [-0.15, -0.1) is 0 Å². The molecule has 1 aromatic rings. The Kier molecular flexibility index (Phi) is 4.25. The third-order valence-electron chi connectivity index (χ3n) is 3.69. The van der Waals surface area contributed by atoms with Crippen molar-refractivity contribution in [2.45, 2.75) is 38.3 Å². The molecule has 0 bridgehead atoms. The summed E-state index contributed by atoms with van der Waals surface area (Å²) in [5, 5.41) is 9.70. The van der Waals surface area contributed by atoms with Crippen LogP contribution in [0.4, 0.5) is 0 Å². The van der Waals surface area contributed by atoms with Gasteiger partial charge >= 0.3 is 5.97 Å². The molecular formula is C14H18ClNO2. The van der Waals surface area contributed by atoms with Gasteiger partial charge in [-0.2, -0.15) is 0 Å². The maximum Gasteiger partial charge on any atom is 0.304 e. The van der Waals surface area contributed by atoms with Crippen LogP contribution in [0.5, 0.6) is 0 Å². The van der Waals surface area contributed by atoms with Gasteiger partial charge in [-0.1, -0.05) is 29.8 Å². The number of hydrogen-bond acceptors (Lipinski definition) is 2. The first-order valence-electron chi connectivity index (χ1n) is 6.31. The monoisotopic (exact) mass is 267 g/mol. The zero-order valence-corrected chi connectivity index (χ0v) is 11.2. The van der Waals surface area contributed by atoms with Gasteiger partial charge < -0.3 is 5.11 Å². The lowest BCUT2D eigenvalue weighted by atomic mass is 10.0. The second kappa shape index (κ2) is 5.72. The molecule has 2 unspecified atom stereocenters. The SMILES string of the molecule is CC(c1ccccc1Cl)N1CCCC1CC(=O)O. The number of carboxylic acids is 1. The second-order valence-electron chi connectivity index (χ2n) is 4.83. The first kappa shape index (κ1) is 13.4. The summed E-state index contributed by atoms with van der Waals surface area (Å²) in [6.45, 7) is 3.05. The maximum atomic E-state index is 10.9. The van der Waals surface area contributed by atoms with Crippen molar-refractivity contribution in [2.75, 3.05) is 6.54 Å². The van der Waals surface area contributed by atoms with Crippen molar-refractivity contribution in [2.24, 2.45) is 0 Å². The summed E-state index contributed by atoms with van der Waals surface area (Å²) >= 11 is 6.21. The van der Waals surface area contributed by atoms with Gasteiger partial charge in [0, 0.05) is 17.1 Å². The van der Waals surface area contributed by atoms with Crippen molar-refractivity contribution in [3.63, 3.8) is 0 Å². The molecule has 2 atom stereocenters. The number of nitrogens with zero attached hydrogens (tertiary/aromatic N) is 1. The number of likely N-dealkylation sites (tertiary alicyclic amines) is 1. The summed E-state index contributed by atoms with van der Waals surface area (Å²) in [4.78, 5) is 13.1. The first-order chi connectivity index (χ1) is 8.59. The van der Waals surface area contributed by atoms with Crippen LogP contribution in [-0.2, 0) is 4.79 Å².